The zero-order chi connectivity index (χ0) is 13.8. The number of benzene rings is 1. The van der Waals surface area contributed by atoms with Crippen molar-refractivity contribution in [3.8, 4) is 5.75 Å². The van der Waals surface area contributed by atoms with E-state index < -0.39 is 0 Å². The molecule has 0 saturated heterocycles. The van der Waals surface area contributed by atoms with Crippen LogP contribution < -0.4 is 4.74 Å². The van der Waals surface area contributed by atoms with Crippen LogP contribution >= 0.6 is 0 Å². The number of ether oxygens (including phenoxy) is 1. The van der Waals surface area contributed by atoms with Crippen LogP contribution in [0.25, 0.3) is 0 Å². The quantitative estimate of drug-likeness (QED) is 0.775. The molecule has 0 aliphatic rings. The van der Waals surface area contributed by atoms with Crippen LogP contribution in [0.3, 0.4) is 0 Å². The lowest BCUT2D eigenvalue weighted by Crippen LogP contribution is -2.12. The van der Waals surface area contributed by atoms with Crippen LogP contribution in [0.4, 0.5) is 0 Å². The lowest BCUT2D eigenvalue weighted by Gasteiger charge is -2.08. The van der Waals surface area contributed by atoms with Crippen LogP contribution in [0.2, 0.25) is 0 Å². The number of hydrogen-bond acceptors (Lipinski definition) is 3. The minimum atomic E-state index is -0.0495. The smallest absolute Gasteiger partial charge is 0.214 e. The first kappa shape index (κ1) is 13.3. The molecule has 0 amide bonds. The average molecular weight is 258 g/mol. The highest BCUT2D eigenvalue weighted by atomic mass is 16.5. The van der Waals surface area contributed by atoms with Gasteiger partial charge in [-0.15, -0.1) is 0 Å². The summed E-state index contributed by atoms with van der Waals surface area (Å²) in [5.41, 5.74) is 2.25. The number of methoxy groups -OCH3 is 1. The molecule has 1 heterocycles. The largest absolute Gasteiger partial charge is 0.493 e. The number of carbonyl (C=O) groups is 1. The summed E-state index contributed by atoms with van der Waals surface area (Å²) in [4.78, 5) is 12.6. The van der Waals surface area contributed by atoms with Gasteiger partial charge in [-0.05, 0) is 19.4 Å². The molecule has 0 aliphatic carbocycles. The van der Waals surface area contributed by atoms with Gasteiger partial charge in [-0.25, -0.2) is 0 Å². The van der Waals surface area contributed by atoms with Gasteiger partial charge in [0.05, 0.1) is 13.3 Å². The van der Waals surface area contributed by atoms with Crippen molar-refractivity contribution >= 4 is 5.78 Å². The van der Waals surface area contributed by atoms with Gasteiger partial charge in [0.15, 0.2) is 11.4 Å². The average Bonchev–Trinajstić information content (AvgIpc) is 2.81. The first-order valence-corrected chi connectivity index (χ1v) is 6.38. The molecule has 0 spiro atoms. The number of ketones is 1. The number of carbonyl (C=O) groups excluding carboxylic acids is 1. The number of nitrogens with zero attached hydrogens (tertiary/aromatic N) is 2. The van der Waals surface area contributed by atoms with Crippen molar-refractivity contribution < 1.29 is 9.53 Å². The predicted octanol–water partition coefficient (Wildman–Crippen LogP) is 2.84. The van der Waals surface area contributed by atoms with Crippen LogP contribution in [0, 0.1) is 6.92 Å². The lowest BCUT2D eigenvalue weighted by atomic mass is 10.1. The number of aryl methyl sites for hydroxylation is 2. The molecule has 0 atom stereocenters. The first-order valence-electron chi connectivity index (χ1n) is 6.38. The van der Waals surface area contributed by atoms with Gasteiger partial charge in [0, 0.05) is 12.1 Å². The second kappa shape index (κ2) is 5.69. The molecule has 0 aliphatic heterocycles. The van der Waals surface area contributed by atoms with E-state index in [0.717, 1.165) is 12.0 Å². The summed E-state index contributed by atoms with van der Waals surface area (Å²) in [5.74, 6) is 0.478. The molecule has 0 N–H and O–H groups in total. The van der Waals surface area contributed by atoms with Gasteiger partial charge in [-0.1, -0.05) is 30.7 Å². The zero-order valence-electron chi connectivity index (χ0n) is 11.5. The van der Waals surface area contributed by atoms with Gasteiger partial charge in [0.25, 0.3) is 0 Å². The van der Waals surface area contributed by atoms with Crippen molar-refractivity contribution in [2.75, 3.05) is 7.11 Å². The van der Waals surface area contributed by atoms with Crippen LogP contribution in [0.1, 0.15) is 35.0 Å². The number of hydrogen-bond donors (Lipinski definition) is 0. The summed E-state index contributed by atoms with van der Waals surface area (Å²) in [6, 6.07) is 7.55. The Morgan fingerprint density at radius 3 is 2.84 bits per heavy atom. The predicted molar refractivity (Wildman–Crippen MR) is 73.7 cm³/mol. The molecule has 1 aromatic carbocycles. The first-order chi connectivity index (χ1) is 9.17. The molecular weight excluding hydrogens is 240 g/mol. The summed E-state index contributed by atoms with van der Waals surface area (Å²) in [6.45, 7) is 4.72. The monoisotopic (exact) mass is 258 g/mol. The van der Waals surface area contributed by atoms with E-state index in [2.05, 4.69) is 12.0 Å². The van der Waals surface area contributed by atoms with E-state index in [1.54, 1.807) is 18.0 Å². The standard InChI is InChI=1S/C15H18N2O2/c1-4-8-17-14(13(19-3)10-16-17)15(18)12-7-5-6-11(2)9-12/h5-7,9-10H,4,8H2,1-3H3. The van der Waals surface area contributed by atoms with Crippen LogP contribution in [-0.2, 0) is 6.54 Å². The van der Waals surface area contributed by atoms with Crippen molar-refractivity contribution in [3.05, 3.63) is 47.3 Å². The second-order valence-corrected chi connectivity index (χ2v) is 4.48. The molecule has 2 aromatic rings. The van der Waals surface area contributed by atoms with E-state index in [-0.39, 0.29) is 5.78 Å². The summed E-state index contributed by atoms with van der Waals surface area (Å²) in [7, 11) is 1.56. The maximum Gasteiger partial charge on any atom is 0.214 e. The fourth-order valence-electron chi connectivity index (χ4n) is 2.05. The topological polar surface area (TPSA) is 44.1 Å². The summed E-state index contributed by atoms with van der Waals surface area (Å²) >= 11 is 0. The second-order valence-electron chi connectivity index (χ2n) is 4.48. The van der Waals surface area contributed by atoms with E-state index in [4.69, 9.17) is 4.74 Å². The third-order valence-corrected chi connectivity index (χ3v) is 2.96. The van der Waals surface area contributed by atoms with Crippen molar-refractivity contribution in [1.82, 2.24) is 9.78 Å². The maximum absolute atomic E-state index is 12.6. The van der Waals surface area contributed by atoms with Gasteiger partial charge in [0.1, 0.15) is 0 Å². The van der Waals surface area contributed by atoms with Gasteiger partial charge in [0.2, 0.25) is 5.78 Å². The summed E-state index contributed by atoms with van der Waals surface area (Å²) < 4.78 is 6.95. The Kier molecular flexibility index (Phi) is 4.00. The lowest BCUT2D eigenvalue weighted by molar-refractivity contribution is 0.102. The van der Waals surface area contributed by atoms with E-state index in [9.17, 15) is 4.79 Å². The molecule has 19 heavy (non-hydrogen) atoms. The molecule has 2 rings (SSSR count). The van der Waals surface area contributed by atoms with Gasteiger partial charge >= 0.3 is 0 Å². The molecule has 0 saturated carbocycles. The Balaban J connectivity index is 2.45. The maximum atomic E-state index is 12.6. The van der Waals surface area contributed by atoms with E-state index >= 15 is 0 Å². The molecule has 4 heteroatoms. The fourth-order valence-corrected chi connectivity index (χ4v) is 2.05. The highest BCUT2D eigenvalue weighted by Gasteiger charge is 2.20. The molecule has 0 radical (unpaired) electrons. The van der Waals surface area contributed by atoms with E-state index in [1.807, 2.05) is 31.2 Å². The summed E-state index contributed by atoms with van der Waals surface area (Å²) in [5, 5.41) is 4.22. The highest BCUT2D eigenvalue weighted by Crippen LogP contribution is 2.22. The zero-order valence-corrected chi connectivity index (χ0v) is 11.5. The van der Waals surface area contributed by atoms with Gasteiger partial charge in [-0.2, -0.15) is 5.10 Å². The Hall–Kier alpha value is -2.10. The highest BCUT2D eigenvalue weighted by molar-refractivity contribution is 6.09. The van der Waals surface area contributed by atoms with Gasteiger partial charge < -0.3 is 4.74 Å². The molecule has 0 bridgehead atoms. The number of rotatable bonds is 5. The summed E-state index contributed by atoms with van der Waals surface area (Å²) in [6.07, 6.45) is 2.51. The molecule has 1 aromatic heterocycles. The molecular formula is C15H18N2O2. The van der Waals surface area contributed by atoms with Crippen molar-refractivity contribution in [2.45, 2.75) is 26.8 Å². The minimum absolute atomic E-state index is 0.0495. The minimum Gasteiger partial charge on any atom is -0.493 e. The molecule has 0 unspecified atom stereocenters. The Labute approximate surface area is 113 Å². The number of aromatic nitrogens is 2. The Morgan fingerprint density at radius 1 is 1.42 bits per heavy atom. The SMILES string of the molecule is CCCn1ncc(OC)c1C(=O)c1cccc(C)c1. The van der Waals surface area contributed by atoms with Crippen molar-refractivity contribution in [1.29, 1.82) is 0 Å². The third kappa shape index (κ3) is 2.67. The molecule has 4 nitrogen and oxygen atoms in total. The van der Waals surface area contributed by atoms with E-state index in [1.165, 1.54) is 0 Å². The van der Waals surface area contributed by atoms with Crippen LogP contribution in [0.15, 0.2) is 30.5 Å². The van der Waals surface area contributed by atoms with Crippen LogP contribution in [-0.4, -0.2) is 22.7 Å². The fraction of sp³-hybridized carbons (Fsp3) is 0.333. The normalized spacial score (nSPS) is 10.5. The third-order valence-electron chi connectivity index (χ3n) is 2.96. The molecule has 100 valence electrons. The van der Waals surface area contributed by atoms with Crippen molar-refractivity contribution in [3.63, 3.8) is 0 Å². The Morgan fingerprint density at radius 2 is 2.21 bits per heavy atom. The van der Waals surface area contributed by atoms with E-state index in [0.29, 0.717) is 23.6 Å². The van der Waals surface area contributed by atoms with Crippen LogP contribution in [0.5, 0.6) is 5.75 Å². The molecule has 0 fully saturated rings. The van der Waals surface area contributed by atoms with Crippen molar-refractivity contribution in [2.24, 2.45) is 0 Å². The van der Waals surface area contributed by atoms with Gasteiger partial charge in [-0.3, -0.25) is 9.48 Å². The Bertz CT molecular complexity index is 588.